The van der Waals surface area contributed by atoms with Gasteiger partial charge in [0.25, 0.3) is 0 Å². The van der Waals surface area contributed by atoms with E-state index in [1.165, 1.54) is 0 Å². The predicted molar refractivity (Wildman–Crippen MR) is 109 cm³/mol. The minimum atomic E-state index is 0.393. The van der Waals surface area contributed by atoms with Gasteiger partial charge < -0.3 is 10.1 Å². The summed E-state index contributed by atoms with van der Waals surface area (Å²) in [5, 5.41) is 5.72. The van der Waals surface area contributed by atoms with Crippen LogP contribution in [0.2, 0.25) is 5.02 Å². The fourth-order valence-corrected chi connectivity index (χ4v) is 3.86. The summed E-state index contributed by atoms with van der Waals surface area (Å²) in [7, 11) is 1.59. The van der Waals surface area contributed by atoms with Gasteiger partial charge in [0.2, 0.25) is 5.88 Å². The molecule has 5 nitrogen and oxygen atoms in total. The van der Waals surface area contributed by atoms with E-state index in [4.69, 9.17) is 28.6 Å². The molecule has 0 radical (unpaired) electrons. The van der Waals surface area contributed by atoms with Crippen LogP contribution in [-0.2, 0) is 0 Å². The van der Waals surface area contributed by atoms with E-state index >= 15 is 0 Å². The van der Waals surface area contributed by atoms with Crippen LogP contribution in [0.4, 0.5) is 11.4 Å². The summed E-state index contributed by atoms with van der Waals surface area (Å²) >= 11 is 13.3. The van der Waals surface area contributed by atoms with Gasteiger partial charge in [-0.15, -0.1) is 0 Å². The highest BCUT2D eigenvalue weighted by molar-refractivity contribution is 8.14. The second-order valence-corrected chi connectivity index (χ2v) is 7.66. The number of ether oxygens (including phenoxy) is 1. The van der Waals surface area contributed by atoms with E-state index in [0.29, 0.717) is 21.3 Å². The van der Waals surface area contributed by atoms with Crippen molar-refractivity contribution in [3.63, 3.8) is 0 Å². The van der Waals surface area contributed by atoms with Crippen molar-refractivity contribution >= 4 is 57.2 Å². The highest BCUT2D eigenvalue weighted by Crippen LogP contribution is 2.29. The third-order valence-electron chi connectivity index (χ3n) is 3.45. The molecule has 2 aromatic rings. The second kappa shape index (κ2) is 8.03. The summed E-state index contributed by atoms with van der Waals surface area (Å²) < 4.78 is 5.07. The van der Waals surface area contributed by atoms with Crippen molar-refractivity contribution in [1.82, 2.24) is 9.88 Å². The molecule has 25 heavy (non-hydrogen) atoms. The van der Waals surface area contributed by atoms with Gasteiger partial charge in [0.15, 0.2) is 10.3 Å². The zero-order chi connectivity index (χ0) is 17.8. The number of thioether (sulfide) groups is 1. The molecule has 0 bridgehead atoms. The SMILES string of the molecule is COc1ccc(N=C2SC(C)CN2C(=S)Nc2cccc(Cl)c2)cn1. The molecule has 3 rings (SSSR count). The number of benzene rings is 1. The highest BCUT2D eigenvalue weighted by Gasteiger charge is 2.28. The number of nitrogens with one attached hydrogen (secondary N) is 1. The lowest BCUT2D eigenvalue weighted by Crippen LogP contribution is -2.36. The van der Waals surface area contributed by atoms with Crippen LogP contribution in [0.5, 0.6) is 5.88 Å². The summed E-state index contributed by atoms with van der Waals surface area (Å²) in [5.41, 5.74) is 1.61. The third kappa shape index (κ3) is 4.62. The molecule has 0 saturated carbocycles. The Kier molecular flexibility index (Phi) is 5.78. The van der Waals surface area contributed by atoms with Gasteiger partial charge in [-0.05, 0) is 36.5 Å². The number of halogens is 1. The van der Waals surface area contributed by atoms with Crippen LogP contribution in [0.3, 0.4) is 0 Å². The molecule has 2 heterocycles. The molecule has 1 unspecified atom stereocenters. The number of hydrogen-bond acceptors (Lipinski definition) is 5. The van der Waals surface area contributed by atoms with E-state index in [2.05, 4.69) is 22.2 Å². The molecule has 0 spiro atoms. The average Bonchev–Trinajstić information content (AvgIpc) is 2.96. The minimum Gasteiger partial charge on any atom is -0.481 e. The van der Waals surface area contributed by atoms with E-state index in [1.54, 1.807) is 31.1 Å². The van der Waals surface area contributed by atoms with Gasteiger partial charge in [0.05, 0.1) is 19.0 Å². The fourth-order valence-electron chi connectivity index (χ4n) is 2.30. The molecule has 1 saturated heterocycles. The number of nitrogens with zero attached hydrogens (tertiary/aromatic N) is 3. The zero-order valence-electron chi connectivity index (χ0n) is 13.8. The van der Waals surface area contributed by atoms with Crippen molar-refractivity contribution in [1.29, 1.82) is 0 Å². The van der Waals surface area contributed by atoms with Crippen LogP contribution in [0.15, 0.2) is 47.6 Å². The highest BCUT2D eigenvalue weighted by atomic mass is 35.5. The van der Waals surface area contributed by atoms with Gasteiger partial charge in [-0.25, -0.2) is 9.98 Å². The summed E-state index contributed by atoms with van der Waals surface area (Å²) in [6.07, 6.45) is 1.68. The van der Waals surface area contributed by atoms with Crippen LogP contribution in [0, 0.1) is 0 Å². The monoisotopic (exact) mass is 392 g/mol. The number of hydrogen-bond donors (Lipinski definition) is 1. The fraction of sp³-hybridized carbons (Fsp3) is 0.235. The predicted octanol–water partition coefficient (Wildman–Crippen LogP) is 4.57. The molecular formula is C17H17ClN4OS2. The summed E-state index contributed by atoms with van der Waals surface area (Å²) in [6.45, 7) is 2.94. The molecule has 1 aromatic carbocycles. The first-order valence-electron chi connectivity index (χ1n) is 7.64. The van der Waals surface area contributed by atoms with Crippen molar-refractivity contribution in [2.24, 2.45) is 4.99 Å². The smallest absolute Gasteiger partial charge is 0.213 e. The normalized spacial score (nSPS) is 18.4. The molecule has 130 valence electrons. The number of methoxy groups -OCH3 is 1. The van der Waals surface area contributed by atoms with E-state index in [9.17, 15) is 0 Å². The van der Waals surface area contributed by atoms with Crippen molar-refractivity contribution in [3.05, 3.63) is 47.6 Å². The summed E-state index contributed by atoms with van der Waals surface area (Å²) in [4.78, 5) is 10.9. The maximum Gasteiger partial charge on any atom is 0.213 e. The van der Waals surface area contributed by atoms with E-state index in [-0.39, 0.29) is 0 Å². The van der Waals surface area contributed by atoms with E-state index in [1.807, 2.05) is 35.2 Å². The van der Waals surface area contributed by atoms with Crippen LogP contribution in [-0.4, -0.2) is 39.1 Å². The number of thiocarbonyl (C=S) groups is 1. The van der Waals surface area contributed by atoms with Crippen molar-refractivity contribution in [2.75, 3.05) is 19.0 Å². The molecule has 1 aromatic heterocycles. The molecule has 1 aliphatic rings. The first kappa shape index (κ1) is 18.0. The average molecular weight is 393 g/mol. The maximum absolute atomic E-state index is 6.03. The summed E-state index contributed by atoms with van der Waals surface area (Å²) in [5.74, 6) is 0.561. The third-order valence-corrected chi connectivity index (χ3v) is 5.08. The minimum absolute atomic E-state index is 0.393. The van der Waals surface area contributed by atoms with Crippen molar-refractivity contribution < 1.29 is 4.74 Å². The van der Waals surface area contributed by atoms with Gasteiger partial charge in [-0.1, -0.05) is 36.4 Å². The number of aromatic nitrogens is 1. The number of aliphatic imine (C=N–C) groups is 1. The van der Waals surface area contributed by atoms with Crippen LogP contribution in [0.1, 0.15) is 6.92 Å². The number of amidine groups is 1. The lowest BCUT2D eigenvalue weighted by Gasteiger charge is -2.20. The van der Waals surface area contributed by atoms with E-state index in [0.717, 1.165) is 23.1 Å². The lowest BCUT2D eigenvalue weighted by molar-refractivity contribution is 0.398. The Morgan fingerprint density at radius 3 is 2.96 bits per heavy atom. The lowest BCUT2D eigenvalue weighted by atomic mass is 10.3. The Balaban J connectivity index is 1.78. The first-order chi connectivity index (χ1) is 12.0. The van der Waals surface area contributed by atoms with Crippen LogP contribution >= 0.6 is 35.6 Å². The molecule has 0 aliphatic carbocycles. The second-order valence-electron chi connectivity index (χ2n) is 5.43. The Morgan fingerprint density at radius 2 is 2.28 bits per heavy atom. The molecule has 1 fully saturated rings. The van der Waals surface area contributed by atoms with Gasteiger partial charge >= 0.3 is 0 Å². The molecule has 1 aliphatic heterocycles. The van der Waals surface area contributed by atoms with Gasteiger partial charge in [-0.2, -0.15) is 0 Å². The number of anilines is 1. The Bertz CT molecular complexity index is 797. The van der Waals surface area contributed by atoms with Crippen molar-refractivity contribution in [3.8, 4) is 5.88 Å². The van der Waals surface area contributed by atoms with Gasteiger partial charge in [0, 0.05) is 28.6 Å². The van der Waals surface area contributed by atoms with E-state index < -0.39 is 0 Å². The summed E-state index contributed by atoms with van der Waals surface area (Å²) in [6, 6.07) is 11.1. The number of rotatable bonds is 3. The number of pyridine rings is 1. The van der Waals surface area contributed by atoms with Crippen LogP contribution < -0.4 is 10.1 Å². The largest absolute Gasteiger partial charge is 0.481 e. The molecule has 8 heteroatoms. The topological polar surface area (TPSA) is 49.8 Å². The molecular weight excluding hydrogens is 376 g/mol. The molecule has 1 atom stereocenters. The van der Waals surface area contributed by atoms with Gasteiger partial charge in [0.1, 0.15) is 0 Å². The Morgan fingerprint density at radius 1 is 1.44 bits per heavy atom. The quantitative estimate of drug-likeness (QED) is 0.772. The van der Waals surface area contributed by atoms with Crippen molar-refractivity contribution in [2.45, 2.75) is 12.2 Å². The van der Waals surface area contributed by atoms with Gasteiger partial charge in [-0.3, -0.25) is 4.90 Å². The first-order valence-corrected chi connectivity index (χ1v) is 9.31. The standard InChI is InChI=1S/C17H17ClN4OS2/c1-11-10-22(16(24)20-13-5-3-4-12(18)8-13)17(25-11)21-14-6-7-15(23-2)19-9-14/h3-9,11H,10H2,1-2H3,(H,20,24). The van der Waals surface area contributed by atoms with Crippen LogP contribution in [0.25, 0.3) is 0 Å². The zero-order valence-corrected chi connectivity index (χ0v) is 16.2. The maximum atomic E-state index is 6.03. The molecule has 0 amide bonds. The molecule has 1 N–H and O–H groups in total. The Hall–Kier alpha value is -1.83. The Labute approximate surface area is 161 Å².